The summed E-state index contributed by atoms with van der Waals surface area (Å²) >= 11 is 0. The highest BCUT2D eigenvalue weighted by molar-refractivity contribution is 5.28. The molecule has 0 amide bonds. The van der Waals surface area contributed by atoms with Crippen molar-refractivity contribution in [3.63, 3.8) is 0 Å². The van der Waals surface area contributed by atoms with Crippen molar-refractivity contribution in [2.45, 2.75) is 65.5 Å². The lowest BCUT2D eigenvalue weighted by molar-refractivity contribution is 0.200. The maximum Gasteiger partial charge on any atom is 0.0296 e. The summed E-state index contributed by atoms with van der Waals surface area (Å²) in [6, 6.07) is 9.89. The van der Waals surface area contributed by atoms with Gasteiger partial charge in [0.25, 0.3) is 0 Å². The first kappa shape index (κ1) is 13.6. The minimum Gasteiger partial charge on any atom is -0.307 e. The molecular weight excluding hydrogens is 218 g/mol. The van der Waals surface area contributed by atoms with Gasteiger partial charge in [-0.05, 0) is 56.1 Å². The monoisotopic (exact) mass is 245 g/mol. The van der Waals surface area contributed by atoms with E-state index < -0.39 is 0 Å². The lowest BCUT2D eigenvalue weighted by Crippen LogP contribution is -2.37. The van der Waals surface area contributed by atoms with Crippen LogP contribution >= 0.6 is 0 Å². The highest BCUT2D eigenvalue weighted by Gasteiger charge is 2.27. The summed E-state index contributed by atoms with van der Waals surface area (Å²) in [6.45, 7) is 9.29. The summed E-state index contributed by atoms with van der Waals surface area (Å²) in [6.07, 6.45) is 5.35. The van der Waals surface area contributed by atoms with E-state index in [1.807, 2.05) is 0 Å². The third-order valence-corrected chi connectivity index (χ3v) is 4.48. The lowest BCUT2D eigenvalue weighted by Gasteiger charge is -2.36. The van der Waals surface area contributed by atoms with Gasteiger partial charge in [0.2, 0.25) is 0 Å². The second-order valence-electron chi connectivity index (χ2n) is 6.68. The molecule has 100 valence electrons. The Morgan fingerprint density at radius 1 is 1.17 bits per heavy atom. The second-order valence-corrected chi connectivity index (χ2v) is 6.68. The van der Waals surface area contributed by atoms with Crippen LogP contribution in [0.2, 0.25) is 0 Å². The highest BCUT2D eigenvalue weighted by atomic mass is 14.9. The van der Waals surface area contributed by atoms with E-state index in [1.165, 1.54) is 36.8 Å². The van der Waals surface area contributed by atoms with Gasteiger partial charge in [-0.1, -0.05) is 38.1 Å². The minimum atomic E-state index is 0.470. The summed E-state index contributed by atoms with van der Waals surface area (Å²) in [7, 11) is 0. The van der Waals surface area contributed by atoms with Crippen molar-refractivity contribution < 1.29 is 0 Å². The second kappa shape index (κ2) is 5.44. The summed E-state index contributed by atoms with van der Waals surface area (Å²) in [5, 5.41) is 3.81. The van der Waals surface area contributed by atoms with Crippen LogP contribution in [-0.2, 0) is 0 Å². The average Bonchev–Trinajstić information content (AvgIpc) is 2.32. The predicted octanol–water partition coefficient (Wildman–Crippen LogP) is 4.61. The Bertz CT molecular complexity index is 384. The zero-order chi connectivity index (χ0) is 13.2. The zero-order valence-electron chi connectivity index (χ0n) is 12.3. The number of aryl methyl sites for hydroxylation is 1. The van der Waals surface area contributed by atoms with Gasteiger partial charge in [-0.2, -0.15) is 0 Å². The van der Waals surface area contributed by atoms with Crippen molar-refractivity contribution in [1.82, 2.24) is 5.32 Å². The fraction of sp³-hybridized carbons (Fsp3) is 0.647. The topological polar surface area (TPSA) is 12.0 Å². The maximum atomic E-state index is 3.81. The molecule has 1 nitrogen and oxygen atoms in total. The molecule has 0 unspecified atom stereocenters. The standard InChI is InChI=1S/C17H27N/c1-13-7-5-6-8-16(13)14(2)18-15-9-11-17(3,4)12-10-15/h5-8,14-15,18H,9-12H2,1-4H3/t14-/m0/s1. The minimum absolute atomic E-state index is 0.470. The smallest absolute Gasteiger partial charge is 0.0296 e. The Hall–Kier alpha value is -0.820. The average molecular weight is 245 g/mol. The molecule has 2 rings (SSSR count). The van der Waals surface area contributed by atoms with Crippen LogP contribution < -0.4 is 5.32 Å². The van der Waals surface area contributed by atoms with Crippen LogP contribution in [-0.4, -0.2) is 6.04 Å². The third kappa shape index (κ3) is 3.35. The number of benzene rings is 1. The van der Waals surface area contributed by atoms with Gasteiger partial charge in [-0.25, -0.2) is 0 Å². The van der Waals surface area contributed by atoms with Crippen LogP contribution in [0, 0.1) is 12.3 Å². The first-order valence-corrected chi connectivity index (χ1v) is 7.29. The molecule has 1 aromatic rings. The van der Waals surface area contributed by atoms with E-state index in [-0.39, 0.29) is 0 Å². The van der Waals surface area contributed by atoms with Gasteiger partial charge in [0.05, 0.1) is 0 Å². The maximum absolute atomic E-state index is 3.81. The van der Waals surface area contributed by atoms with Gasteiger partial charge >= 0.3 is 0 Å². The third-order valence-electron chi connectivity index (χ3n) is 4.48. The van der Waals surface area contributed by atoms with Gasteiger partial charge in [0.1, 0.15) is 0 Å². The molecule has 1 heteroatoms. The summed E-state index contributed by atoms with van der Waals surface area (Å²) in [5.74, 6) is 0. The quantitative estimate of drug-likeness (QED) is 0.819. The lowest BCUT2D eigenvalue weighted by atomic mass is 9.75. The van der Waals surface area contributed by atoms with Crippen molar-refractivity contribution in [1.29, 1.82) is 0 Å². The fourth-order valence-corrected chi connectivity index (χ4v) is 3.08. The van der Waals surface area contributed by atoms with Crippen LogP contribution in [0.4, 0.5) is 0 Å². The number of rotatable bonds is 3. The van der Waals surface area contributed by atoms with Crippen LogP contribution in [0.1, 0.15) is 63.6 Å². The largest absolute Gasteiger partial charge is 0.307 e. The normalized spacial score (nSPS) is 21.8. The van der Waals surface area contributed by atoms with Crippen molar-refractivity contribution in [3.05, 3.63) is 35.4 Å². The molecular formula is C17H27N. The number of hydrogen-bond acceptors (Lipinski definition) is 1. The van der Waals surface area contributed by atoms with Gasteiger partial charge in [0.15, 0.2) is 0 Å². The molecule has 1 saturated carbocycles. The number of nitrogens with one attached hydrogen (secondary N) is 1. The Labute approximate surface area is 112 Å². The van der Waals surface area contributed by atoms with Crippen molar-refractivity contribution in [2.24, 2.45) is 5.41 Å². The van der Waals surface area contributed by atoms with Crippen LogP contribution in [0.3, 0.4) is 0 Å². The molecule has 1 atom stereocenters. The van der Waals surface area contributed by atoms with E-state index in [1.54, 1.807) is 0 Å². The molecule has 1 N–H and O–H groups in total. The molecule has 0 aliphatic heterocycles. The molecule has 1 fully saturated rings. The molecule has 0 heterocycles. The Morgan fingerprint density at radius 3 is 2.39 bits per heavy atom. The molecule has 18 heavy (non-hydrogen) atoms. The van der Waals surface area contributed by atoms with Gasteiger partial charge in [-0.3, -0.25) is 0 Å². The van der Waals surface area contributed by atoms with E-state index in [9.17, 15) is 0 Å². The van der Waals surface area contributed by atoms with Crippen LogP contribution in [0.15, 0.2) is 24.3 Å². The molecule has 1 aliphatic rings. The molecule has 0 spiro atoms. The predicted molar refractivity (Wildman–Crippen MR) is 78.8 cm³/mol. The van der Waals surface area contributed by atoms with Crippen LogP contribution in [0.25, 0.3) is 0 Å². The Balaban J connectivity index is 1.93. The van der Waals surface area contributed by atoms with E-state index in [0.717, 1.165) is 0 Å². The molecule has 0 aromatic heterocycles. The zero-order valence-corrected chi connectivity index (χ0v) is 12.3. The summed E-state index contributed by atoms with van der Waals surface area (Å²) in [4.78, 5) is 0. The van der Waals surface area contributed by atoms with Gasteiger partial charge in [0, 0.05) is 12.1 Å². The Morgan fingerprint density at radius 2 is 1.78 bits per heavy atom. The molecule has 1 aliphatic carbocycles. The fourth-order valence-electron chi connectivity index (χ4n) is 3.08. The van der Waals surface area contributed by atoms with Crippen molar-refractivity contribution in [3.8, 4) is 0 Å². The number of hydrogen-bond donors (Lipinski definition) is 1. The first-order valence-electron chi connectivity index (χ1n) is 7.29. The molecule has 0 bridgehead atoms. The molecule has 0 saturated heterocycles. The van der Waals surface area contributed by atoms with Gasteiger partial charge in [-0.15, -0.1) is 0 Å². The summed E-state index contributed by atoms with van der Waals surface area (Å²) in [5.41, 5.74) is 3.40. The van der Waals surface area contributed by atoms with E-state index in [0.29, 0.717) is 17.5 Å². The molecule has 1 aromatic carbocycles. The van der Waals surface area contributed by atoms with Crippen LogP contribution in [0.5, 0.6) is 0 Å². The van der Waals surface area contributed by atoms with E-state index in [4.69, 9.17) is 0 Å². The SMILES string of the molecule is Cc1ccccc1[C@H](C)NC1CCC(C)(C)CC1. The van der Waals surface area contributed by atoms with E-state index in [2.05, 4.69) is 57.3 Å². The summed E-state index contributed by atoms with van der Waals surface area (Å²) < 4.78 is 0. The van der Waals surface area contributed by atoms with Crippen molar-refractivity contribution in [2.75, 3.05) is 0 Å². The van der Waals surface area contributed by atoms with Gasteiger partial charge < -0.3 is 5.32 Å². The Kier molecular flexibility index (Phi) is 4.11. The van der Waals surface area contributed by atoms with E-state index >= 15 is 0 Å². The highest BCUT2D eigenvalue weighted by Crippen LogP contribution is 2.35. The first-order chi connectivity index (χ1) is 8.48. The van der Waals surface area contributed by atoms with Crippen molar-refractivity contribution >= 4 is 0 Å². The molecule has 0 radical (unpaired) electrons.